The maximum absolute atomic E-state index is 12.4. The third-order valence-electron chi connectivity index (χ3n) is 3.92. The van der Waals surface area contributed by atoms with Gasteiger partial charge in [-0.2, -0.15) is 0 Å². The molecule has 0 amide bonds. The topological polar surface area (TPSA) is 66.4 Å². The average molecular weight is 368 g/mol. The normalized spacial score (nSPS) is 27.9. The number of nitrogens with one attached hydrogen (secondary N) is 1. The fourth-order valence-corrected chi connectivity index (χ4v) is 6.36. The summed E-state index contributed by atoms with van der Waals surface area (Å²) in [6.45, 7) is 4.10. The molecule has 2 N–H and O–H groups in total. The Labute approximate surface area is 126 Å². The molecule has 0 bridgehead atoms. The van der Waals surface area contributed by atoms with Crippen LogP contribution in [0.3, 0.4) is 0 Å². The predicted octanol–water partition coefficient (Wildman–Crippen LogP) is 2.72. The lowest BCUT2D eigenvalue weighted by molar-refractivity contribution is 0.285. The number of aliphatic hydroxyl groups is 1. The van der Waals surface area contributed by atoms with Gasteiger partial charge in [0.2, 0.25) is 10.0 Å². The summed E-state index contributed by atoms with van der Waals surface area (Å²) in [6.07, 6.45) is 1.94. The second kappa shape index (κ2) is 5.81. The lowest BCUT2D eigenvalue weighted by Gasteiger charge is -2.19. The van der Waals surface area contributed by atoms with E-state index >= 15 is 0 Å². The van der Waals surface area contributed by atoms with Crippen molar-refractivity contribution in [3.8, 4) is 0 Å². The first kappa shape index (κ1) is 15.4. The Hall–Kier alpha value is 0.0500. The molecule has 1 heterocycles. The van der Waals surface area contributed by atoms with Crippen molar-refractivity contribution >= 4 is 37.3 Å². The van der Waals surface area contributed by atoms with E-state index in [1.54, 1.807) is 0 Å². The fraction of sp³-hybridized carbons (Fsp3) is 0.667. The van der Waals surface area contributed by atoms with Crippen molar-refractivity contribution in [1.82, 2.24) is 4.72 Å². The number of thiophene rings is 1. The molecule has 19 heavy (non-hydrogen) atoms. The molecule has 3 atom stereocenters. The highest BCUT2D eigenvalue weighted by Gasteiger charge is 2.34. The van der Waals surface area contributed by atoms with Crippen molar-refractivity contribution in [3.05, 3.63) is 14.7 Å². The number of halogens is 1. The number of hydrogen-bond donors (Lipinski definition) is 2. The molecular weight excluding hydrogens is 350 g/mol. The first-order valence-electron chi connectivity index (χ1n) is 6.26. The van der Waals surface area contributed by atoms with Crippen LogP contribution in [0.5, 0.6) is 0 Å². The molecule has 0 saturated heterocycles. The van der Waals surface area contributed by atoms with E-state index in [1.165, 1.54) is 17.4 Å². The minimum Gasteiger partial charge on any atom is -0.391 e. The van der Waals surface area contributed by atoms with Crippen LogP contribution < -0.4 is 4.72 Å². The van der Waals surface area contributed by atoms with E-state index in [-0.39, 0.29) is 17.5 Å². The van der Waals surface area contributed by atoms with Gasteiger partial charge in [0.1, 0.15) is 4.90 Å². The van der Waals surface area contributed by atoms with E-state index in [0.29, 0.717) is 20.5 Å². The zero-order valence-electron chi connectivity index (χ0n) is 10.9. The molecule has 0 spiro atoms. The van der Waals surface area contributed by atoms with Gasteiger partial charge in [-0.05, 0) is 46.7 Å². The fourth-order valence-electron chi connectivity index (χ4n) is 2.45. The summed E-state index contributed by atoms with van der Waals surface area (Å²) in [5.41, 5.74) is 0. The summed E-state index contributed by atoms with van der Waals surface area (Å²) in [5, 5.41) is 9.08. The second-order valence-electron chi connectivity index (χ2n) is 5.15. The standard InChI is InChI=1S/C12H18BrNO3S2/c1-7-3-4-10(8(7)2)14-19(16,17)11-5-9(6-15)18-12(11)13/h5,7-8,10,14-15H,3-4,6H2,1-2H3. The third-order valence-corrected chi connectivity index (χ3v) is 7.65. The molecule has 2 rings (SSSR count). The van der Waals surface area contributed by atoms with Crippen LogP contribution in [-0.2, 0) is 16.6 Å². The maximum atomic E-state index is 12.4. The summed E-state index contributed by atoms with van der Waals surface area (Å²) in [6, 6.07) is 1.53. The van der Waals surface area contributed by atoms with E-state index in [9.17, 15) is 8.42 Å². The quantitative estimate of drug-likeness (QED) is 0.859. The van der Waals surface area contributed by atoms with Crippen LogP contribution in [0.4, 0.5) is 0 Å². The van der Waals surface area contributed by atoms with Gasteiger partial charge in [0, 0.05) is 10.9 Å². The Balaban J connectivity index is 2.20. The van der Waals surface area contributed by atoms with E-state index in [1.807, 2.05) is 0 Å². The second-order valence-corrected chi connectivity index (χ2v) is 9.29. The van der Waals surface area contributed by atoms with Gasteiger partial charge in [0.05, 0.1) is 10.4 Å². The molecule has 3 unspecified atom stereocenters. The third kappa shape index (κ3) is 3.21. The number of sulfonamides is 1. The highest BCUT2D eigenvalue weighted by atomic mass is 79.9. The van der Waals surface area contributed by atoms with Crippen LogP contribution in [0, 0.1) is 11.8 Å². The molecule has 1 aromatic rings. The SMILES string of the molecule is CC1CCC(NS(=O)(=O)c2cc(CO)sc2Br)C1C. The maximum Gasteiger partial charge on any atom is 0.242 e. The van der Waals surface area contributed by atoms with Crippen LogP contribution in [0.25, 0.3) is 0 Å². The molecule has 4 nitrogen and oxygen atoms in total. The van der Waals surface area contributed by atoms with Gasteiger partial charge in [-0.15, -0.1) is 11.3 Å². The molecule has 1 aromatic heterocycles. The van der Waals surface area contributed by atoms with Gasteiger partial charge < -0.3 is 5.11 Å². The highest BCUT2D eigenvalue weighted by molar-refractivity contribution is 9.11. The summed E-state index contributed by atoms with van der Waals surface area (Å²) in [4.78, 5) is 0.869. The van der Waals surface area contributed by atoms with Crippen molar-refractivity contribution in [2.24, 2.45) is 11.8 Å². The van der Waals surface area contributed by atoms with Gasteiger partial charge in [0.25, 0.3) is 0 Å². The van der Waals surface area contributed by atoms with Crippen molar-refractivity contribution in [2.45, 2.75) is 44.2 Å². The number of rotatable bonds is 4. The van der Waals surface area contributed by atoms with Gasteiger partial charge in [-0.25, -0.2) is 13.1 Å². The van der Waals surface area contributed by atoms with Crippen LogP contribution in [0.1, 0.15) is 31.6 Å². The smallest absolute Gasteiger partial charge is 0.242 e. The Morgan fingerprint density at radius 1 is 1.47 bits per heavy atom. The zero-order chi connectivity index (χ0) is 14.2. The molecule has 1 aliphatic carbocycles. The van der Waals surface area contributed by atoms with Gasteiger partial charge in [-0.3, -0.25) is 0 Å². The first-order chi connectivity index (χ1) is 8.85. The molecule has 1 saturated carbocycles. The molecular formula is C12H18BrNO3S2. The van der Waals surface area contributed by atoms with Gasteiger partial charge in [0.15, 0.2) is 0 Å². The Morgan fingerprint density at radius 3 is 2.63 bits per heavy atom. The van der Waals surface area contributed by atoms with E-state index in [2.05, 4.69) is 34.5 Å². The Bertz CT molecular complexity index is 555. The monoisotopic (exact) mass is 367 g/mol. The summed E-state index contributed by atoms with van der Waals surface area (Å²) < 4.78 is 28.1. The van der Waals surface area contributed by atoms with Crippen molar-refractivity contribution in [1.29, 1.82) is 0 Å². The van der Waals surface area contributed by atoms with Crippen LogP contribution in [0.2, 0.25) is 0 Å². The van der Waals surface area contributed by atoms with Gasteiger partial charge >= 0.3 is 0 Å². The summed E-state index contributed by atoms with van der Waals surface area (Å²) in [7, 11) is -3.52. The van der Waals surface area contributed by atoms with Crippen LogP contribution >= 0.6 is 27.3 Å². The van der Waals surface area contributed by atoms with Crippen molar-refractivity contribution in [2.75, 3.05) is 0 Å². The van der Waals surface area contributed by atoms with E-state index < -0.39 is 10.0 Å². The Kier molecular flexibility index (Phi) is 4.72. The van der Waals surface area contributed by atoms with E-state index in [4.69, 9.17) is 5.11 Å². The summed E-state index contributed by atoms with van der Waals surface area (Å²) >= 11 is 4.51. The molecule has 1 aliphatic rings. The average Bonchev–Trinajstić information content (AvgIpc) is 2.87. The van der Waals surface area contributed by atoms with E-state index in [0.717, 1.165) is 12.8 Å². The Morgan fingerprint density at radius 2 is 2.16 bits per heavy atom. The molecule has 0 aromatic carbocycles. The minimum atomic E-state index is -3.52. The molecule has 7 heteroatoms. The van der Waals surface area contributed by atoms with Crippen molar-refractivity contribution < 1.29 is 13.5 Å². The first-order valence-corrected chi connectivity index (χ1v) is 9.36. The summed E-state index contributed by atoms with van der Waals surface area (Å²) in [5.74, 6) is 0.899. The number of aliphatic hydroxyl groups excluding tert-OH is 1. The lowest BCUT2D eigenvalue weighted by atomic mass is 9.98. The lowest BCUT2D eigenvalue weighted by Crippen LogP contribution is -2.37. The number of hydrogen-bond acceptors (Lipinski definition) is 4. The van der Waals surface area contributed by atoms with Gasteiger partial charge in [-0.1, -0.05) is 13.8 Å². The molecule has 0 aliphatic heterocycles. The molecule has 108 valence electrons. The molecule has 0 radical (unpaired) electrons. The molecule has 1 fully saturated rings. The minimum absolute atomic E-state index is 0.00405. The highest BCUT2D eigenvalue weighted by Crippen LogP contribution is 2.35. The van der Waals surface area contributed by atoms with Crippen LogP contribution in [-0.4, -0.2) is 19.6 Å². The van der Waals surface area contributed by atoms with Crippen molar-refractivity contribution in [3.63, 3.8) is 0 Å². The predicted molar refractivity (Wildman–Crippen MR) is 79.6 cm³/mol. The van der Waals surface area contributed by atoms with Crippen LogP contribution in [0.15, 0.2) is 14.7 Å². The zero-order valence-corrected chi connectivity index (χ0v) is 14.1. The largest absolute Gasteiger partial charge is 0.391 e.